The predicted molar refractivity (Wildman–Crippen MR) is 405 cm³/mol. The molecule has 22 atom stereocenters. The summed E-state index contributed by atoms with van der Waals surface area (Å²) in [5.41, 5.74) is 2.37. The van der Waals surface area contributed by atoms with Crippen molar-refractivity contribution >= 4 is 29.5 Å². The third-order valence-electron chi connectivity index (χ3n) is 28.8. The molecule has 0 radical (unpaired) electrons. The SMILES string of the molecule is CC(C)CCC[C@@H](C)[C@H]1CCC2C3CC=C4C[C@@H](OC(=O)NCCNC(=O)CCC(=O)Nc5ccn(C6OC(CO)C(O)C6(F)F)c(=O)n5)CC[C@]4(C)C3CC[C@@]21C.CC(C)CCC[C@@H](C)[C@H]1CCC2C3CC=C4C[C@@H](OCCOCCNc5ccn(C6OC(CO)C(O)C6(F)F)c(=O)n5)CC[C@]4(C)C3CC[C@@]21C. The van der Waals surface area contributed by atoms with Gasteiger partial charge in [-0.25, -0.2) is 14.4 Å². The highest BCUT2D eigenvalue weighted by molar-refractivity contribution is 5.92. The number of alkyl carbamates (subject to hydrolysis) is 1. The maximum Gasteiger partial charge on any atom is 0.407 e. The quantitative estimate of drug-likeness (QED) is 0.0205. The minimum atomic E-state index is -3.87. The second-order valence-electron chi connectivity index (χ2n) is 36.1. The molecule has 26 heteroatoms. The highest BCUT2D eigenvalue weighted by Gasteiger charge is 2.64. The highest BCUT2D eigenvalue weighted by atomic mass is 19.3. The average molecular weight is 1540 g/mol. The number of amides is 3. The number of hydrogen-bond acceptors (Lipinski definition) is 17. The van der Waals surface area contributed by atoms with Gasteiger partial charge in [0, 0.05) is 51.3 Å². The van der Waals surface area contributed by atoms with Gasteiger partial charge in [-0.3, -0.25) is 18.7 Å². The minimum absolute atomic E-state index is 0.129. The molecule has 6 saturated carbocycles. The van der Waals surface area contributed by atoms with Crippen LogP contribution >= 0.6 is 0 Å². The Balaban J connectivity index is 0.000000218. The van der Waals surface area contributed by atoms with E-state index in [1.165, 1.54) is 114 Å². The molecule has 2 aromatic heterocycles. The molecule has 4 heterocycles. The Morgan fingerprint density at radius 3 is 1.55 bits per heavy atom. The first-order valence-electron chi connectivity index (χ1n) is 41.4. The van der Waals surface area contributed by atoms with Gasteiger partial charge in [0.1, 0.15) is 29.9 Å². The smallest absolute Gasteiger partial charge is 0.407 e. The summed E-state index contributed by atoms with van der Waals surface area (Å²) < 4.78 is 86.7. The van der Waals surface area contributed by atoms with E-state index in [1.807, 2.05) is 0 Å². The van der Waals surface area contributed by atoms with Crippen LogP contribution in [0, 0.1) is 92.7 Å². The summed E-state index contributed by atoms with van der Waals surface area (Å²) in [6, 6.07) is 2.48. The lowest BCUT2D eigenvalue weighted by molar-refractivity contribution is -0.141. The minimum Gasteiger partial charge on any atom is -0.446 e. The molecule has 612 valence electrons. The first-order chi connectivity index (χ1) is 51.8. The third kappa shape index (κ3) is 18.3. The summed E-state index contributed by atoms with van der Waals surface area (Å²) >= 11 is 0. The van der Waals surface area contributed by atoms with Gasteiger partial charge in [0.15, 0.2) is 12.2 Å². The highest BCUT2D eigenvalue weighted by Crippen LogP contribution is 2.69. The van der Waals surface area contributed by atoms with Crippen LogP contribution in [0.3, 0.4) is 0 Å². The molecule has 3 amide bonds. The first-order valence-corrected chi connectivity index (χ1v) is 41.4. The topological polar surface area (TPSA) is 296 Å². The van der Waals surface area contributed by atoms with E-state index in [9.17, 15) is 56.9 Å². The maximum atomic E-state index is 14.4. The van der Waals surface area contributed by atoms with Crippen LogP contribution in [0.15, 0.2) is 57.4 Å². The van der Waals surface area contributed by atoms with E-state index in [-0.39, 0.29) is 55.2 Å². The summed E-state index contributed by atoms with van der Waals surface area (Å²) in [4.78, 5) is 69.8. The van der Waals surface area contributed by atoms with E-state index in [0.717, 1.165) is 122 Å². The number of fused-ring (bicyclic) bond motifs is 10. The fourth-order valence-corrected chi connectivity index (χ4v) is 22.8. The zero-order valence-corrected chi connectivity index (χ0v) is 66.3. The molecule has 0 bridgehead atoms. The number of nitrogens with one attached hydrogen (secondary N) is 4. The number of alkyl halides is 4. The number of aromatic nitrogens is 4. The Morgan fingerprint density at radius 2 is 1.06 bits per heavy atom. The largest absolute Gasteiger partial charge is 0.446 e. The number of aliphatic hydroxyl groups excluding tert-OH is 4. The zero-order valence-electron chi connectivity index (χ0n) is 66.3. The third-order valence-corrected chi connectivity index (χ3v) is 28.8. The molecule has 22 nitrogen and oxygen atoms in total. The molecule has 2 saturated heterocycles. The Bertz CT molecular complexity index is 3620. The van der Waals surface area contributed by atoms with Crippen LogP contribution in [0.5, 0.6) is 0 Å². The lowest BCUT2D eigenvalue weighted by atomic mass is 9.47. The van der Waals surface area contributed by atoms with Gasteiger partial charge in [-0.2, -0.15) is 27.5 Å². The maximum absolute atomic E-state index is 14.4. The summed E-state index contributed by atoms with van der Waals surface area (Å²) in [5, 5.41) is 48.5. The molecule has 10 aliphatic rings. The molecule has 109 heavy (non-hydrogen) atoms. The van der Waals surface area contributed by atoms with E-state index >= 15 is 0 Å². The fraction of sp³-hybridized carbons (Fsp3) is 0.819. The van der Waals surface area contributed by atoms with Crippen LogP contribution in [0.25, 0.3) is 0 Å². The number of hydrogen-bond donors (Lipinski definition) is 8. The lowest BCUT2D eigenvalue weighted by Gasteiger charge is -2.58. The van der Waals surface area contributed by atoms with Crippen LogP contribution in [-0.2, 0) is 33.3 Å². The molecule has 0 spiro atoms. The molecule has 12 unspecified atom stereocenters. The van der Waals surface area contributed by atoms with Crippen molar-refractivity contribution in [1.29, 1.82) is 0 Å². The number of rotatable bonds is 30. The molecule has 2 aliphatic heterocycles. The number of aliphatic hydroxyl groups is 4. The van der Waals surface area contributed by atoms with Crippen molar-refractivity contribution in [2.45, 2.75) is 284 Å². The molecular weight excluding hydrogens is 1410 g/mol. The number of allylic oxidation sites excluding steroid dienone is 2. The van der Waals surface area contributed by atoms with Crippen LogP contribution in [-0.4, -0.2) is 159 Å². The van der Waals surface area contributed by atoms with E-state index in [0.29, 0.717) is 57.7 Å². The van der Waals surface area contributed by atoms with Crippen molar-refractivity contribution in [2.24, 2.45) is 92.7 Å². The van der Waals surface area contributed by atoms with E-state index < -0.39 is 91.2 Å². The zero-order chi connectivity index (χ0) is 78.5. The number of carbonyl (C=O) groups is 3. The summed E-state index contributed by atoms with van der Waals surface area (Å²) in [6.07, 6.45) is 21.8. The van der Waals surface area contributed by atoms with Crippen LogP contribution in [0.1, 0.15) is 236 Å². The fourth-order valence-electron chi connectivity index (χ4n) is 22.8. The van der Waals surface area contributed by atoms with Gasteiger partial charge < -0.3 is 65.4 Å². The monoisotopic (exact) mass is 1540 g/mol. The van der Waals surface area contributed by atoms with Crippen molar-refractivity contribution in [3.63, 3.8) is 0 Å². The van der Waals surface area contributed by atoms with Crippen molar-refractivity contribution < 1.29 is 76.1 Å². The Morgan fingerprint density at radius 1 is 0.578 bits per heavy atom. The molecule has 8 fully saturated rings. The van der Waals surface area contributed by atoms with Crippen LogP contribution < -0.4 is 32.6 Å². The van der Waals surface area contributed by atoms with Gasteiger partial charge in [0.2, 0.25) is 24.3 Å². The van der Waals surface area contributed by atoms with Gasteiger partial charge in [-0.1, -0.05) is 131 Å². The molecule has 0 aromatic carbocycles. The van der Waals surface area contributed by atoms with Crippen LogP contribution in [0.2, 0.25) is 0 Å². The number of carbonyl (C=O) groups excluding carboxylic acids is 3. The molecule has 8 aliphatic carbocycles. The van der Waals surface area contributed by atoms with Gasteiger partial charge in [-0.15, -0.1) is 0 Å². The Labute approximate surface area is 641 Å². The average Bonchev–Trinajstić information content (AvgIpc) is 1.71. The summed E-state index contributed by atoms with van der Waals surface area (Å²) in [6.45, 7) is 25.1. The Hall–Kier alpha value is -5.35. The first kappa shape index (κ1) is 84.6. The summed E-state index contributed by atoms with van der Waals surface area (Å²) in [5.74, 6) is 0.946. The van der Waals surface area contributed by atoms with Gasteiger partial charge in [0.25, 0.3) is 0 Å². The molecule has 8 N–H and O–H groups in total. The molecular formula is C83H128F4N8O14. The number of nitrogens with zero attached hydrogens (tertiary/aromatic N) is 4. The lowest BCUT2D eigenvalue weighted by Crippen LogP contribution is -2.51. The number of halogens is 4. The normalized spacial score (nSPS) is 35.9. The van der Waals surface area contributed by atoms with E-state index in [2.05, 4.69) is 113 Å². The number of anilines is 2. The van der Waals surface area contributed by atoms with Crippen LogP contribution in [0.4, 0.5) is 34.0 Å². The van der Waals surface area contributed by atoms with E-state index in [4.69, 9.17) is 28.8 Å². The Kier molecular flexibility index (Phi) is 27.6. The van der Waals surface area contributed by atoms with Crippen molar-refractivity contribution in [3.05, 3.63) is 68.8 Å². The van der Waals surface area contributed by atoms with Gasteiger partial charge >= 0.3 is 29.3 Å². The summed E-state index contributed by atoms with van der Waals surface area (Å²) in [7, 11) is 0. The standard InChI is InChI=1S/C43H65F2N5O8.C40H63F2N3O6/c1-25(2)7-6-8-26(3)30-11-12-31-29-10-9-27-23-28(15-18-41(27,4)32(29)16-19-42(30,31)5)57-40(56)47-21-20-46-35(52)13-14-36(53)48-34-17-22-50(39(55)49-34)38-43(44,45)37(54)33(24-51)58-38;1-25(2)7-6-8-26(3)30-11-12-31-29-10-9-27-23-28(13-16-38(27,4)32(29)14-17-39(30,31)5)50-22-21-49-20-18-43-34-15-19-45(37(48)44-34)36-40(41,42)35(47)33(24-46)51-36/h9,17,22,25-26,28-33,37-38,51,54H,6-8,10-16,18-21,23-24H2,1-5H3,(H,46,52)(H,47,56)(H,48,49,53,55);9,15,19,25-26,28-33,35-36,46-47H,6-8,10-14,16-18,20-24H2,1-5H3,(H,43,44,48)/t26-,28+,29?,30-,31?,32?,33?,37?,38?,41+,42-;26-,28+,29?,30-,31?,32?,33?,35?,36?,38+,39-/m11/s1. The second-order valence-corrected chi connectivity index (χ2v) is 36.1. The van der Waals surface area contributed by atoms with Gasteiger partial charge in [-0.05, 0) is 201 Å². The van der Waals surface area contributed by atoms with Crippen molar-refractivity contribution in [1.82, 2.24) is 29.7 Å². The molecule has 12 rings (SSSR count). The van der Waals surface area contributed by atoms with E-state index in [1.54, 1.807) is 5.57 Å². The van der Waals surface area contributed by atoms with Crippen molar-refractivity contribution in [2.75, 3.05) is 63.3 Å². The molecule has 2 aromatic rings. The predicted octanol–water partition coefficient (Wildman–Crippen LogP) is 13.1. The van der Waals surface area contributed by atoms with Gasteiger partial charge in [0.05, 0.1) is 39.1 Å². The van der Waals surface area contributed by atoms with Crippen molar-refractivity contribution in [3.8, 4) is 0 Å². The second kappa shape index (κ2) is 35.6. The number of ether oxygens (including phenoxy) is 5.